The first-order valence-corrected chi connectivity index (χ1v) is 8.62. The Morgan fingerprint density at radius 2 is 2.22 bits per heavy atom. The van der Waals surface area contributed by atoms with Gasteiger partial charge in [-0.2, -0.15) is 0 Å². The summed E-state index contributed by atoms with van der Waals surface area (Å²) >= 11 is 1.74. The molecule has 4 rings (SSSR count). The smallest absolute Gasteiger partial charge is 0.270 e. The predicted octanol–water partition coefficient (Wildman–Crippen LogP) is 3.15. The number of fused-ring (bicyclic) bond motifs is 2. The van der Waals surface area contributed by atoms with E-state index in [1.807, 2.05) is 36.9 Å². The SMILES string of the molecule is Cc1nc2c(s1)CCCC2NC(=O)c1ccc2ccn(C)c2n1. The number of nitrogens with zero attached hydrogens (tertiary/aromatic N) is 3. The van der Waals surface area contributed by atoms with Crippen LogP contribution in [0.1, 0.15) is 45.0 Å². The third-order valence-corrected chi connectivity index (χ3v) is 5.36. The third-order valence-electron chi connectivity index (χ3n) is 4.32. The van der Waals surface area contributed by atoms with Gasteiger partial charge in [0.05, 0.1) is 16.7 Å². The lowest BCUT2D eigenvalue weighted by Crippen LogP contribution is -2.31. The number of hydrogen-bond acceptors (Lipinski definition) is 4. The molecule has 1 aliphatic rings. The Kier molecular flexibility index (Phi) is 3.41. The standard InChI is InChI=1S/C17H18N4OS/c1-10-18-15-12(4-3-5-14(15)23-10)20-17(22)13-7-6-11-8-9-21(2)16(11)19-13/h6-9,12H,3-5H2,1-2H3,(H,20,22). The summed E-state index contributed by atoms with van der Waals surface area (Å²) in [5, 5.41) is 5.22. The Bertz CT molecular complexity index is 895. The fraction of sp³-hybridized carbons (Fsp3) is 0.353. The van der Waals surface area contributed by atoms with Gasteiger partial charge in [0.15, 0.2) is 0 Å². The van der Waals surface area contributed by atoms with Crippen molar-refractivity contribution in [2.24, 2.45) is 7.05 Å². The van der Waals surface area contributed by atoms with E-state index in [0.717, 1.165) is 41.0 Å². The molecule has 3 aromatic rings. The lowest BCUT2D eigenvalue weighted by molar-refractivity contribution is 0.0927. The average molecular weight is 326 g/mol. The molecule has 1 unspecified atom stereocenters. The molecule has 1 aliphatic carbocycles. The van der Waals surface area contributed by atoms with Gasteiger partial charge in [0, 0.05) is 23.5 Å². The number of pyridine rings is 1. The number of hydrogen-bond donors (Lipinski definition) is 1. The van der Waals surface area contributed by atoms with Crippen molar-refractivity contribution in [1.29, 1.82) is 0 Å². The quantitative estimate of drug-likeness (QED) is 0.787. The lowest BCUT2D eigenvalue weighted by atomic mass is 9.97. The van der Waals surface area contributed by atoms with Crippen molar-refractivity contribution in [1.82, 2.24) is 19.9 Å². The summed E-state index contributed by atoms with van der Waals surface area (Å²) in [7, 11) is 1.93. The van der Waals surface area contributed by atoms with E-state index in [1.54, 1.807) is 17.4 Å². The van der Waals surface area contributed by atoms with Crippen LogP contribution in [0.15, 0.2) is 24.4 Å². The summed E-state index contributed by atoms with van der Waals surface area (Å²) in [6.07, 6.45) is 5.05. The van der Waals surface area contributed by atoms with Crippen LogP contribution < -0.4 is 5.32 Å². The molecule has 1 N–H and O–H groups in total. The molecule has 1 amide bonds. The zero-order valence-electron chi connectivity index (χ0n) is 13.2. The summed E-state index contributed by atoms with van der Waals surface area (Å²) in [5.74, 6) is -0.128. The minimum absolute atomic E-state index is 0.00195. The van der Waals surface area contributed by atoms with E-state index in [0.29, 0.717) is 5.69 Å². The first kappa shape index (κ1) is 14.4. The monoisotopic (exact) mass is 326 g/mol. The second-order valence-corrected chi connectivity index (χ2v) is 7.28. The maximum atomic E-state index is 12.6. The Morgan fingerprint density at radius 3 is 3.09 bits per heavy atom. The molecule has 5 nitrogen and oxygen atoms in total. The Labute approximate surface area is 138 Å². The van der Waals surface area contributed by atoms with Gasteiger partial charge in [-0.1, -0.05) is 0 Å². The number of amides is 1. The molecule has 0 radical (unpaired) electrons. The van der Waals surface area contributed by atoms with Crippen LogP contribution >= 0.6 is 11.3 Å². The van der Waals surface area contributed by atoms with Crippen LogP contribution in [-0.4, -0.2) is 20.4 Å². The summed E-state index contributed by atoms with van der Waals surface area (Å²) in [4.78, 5) is 23.0. The summed E-state index contributed by atoms with van der Waals surface area (Å²) in [6.45, 7) is 2.02. The molecule has 23 heavy (non-hydrogen) atoms. The highest BCUT2D eigenvalue weighted by molar-refractivity contribution is 7.11. The van der Waals surface area contributed by atoms with Crippen LogP contribution in [0.5, 0.6) is 0 Å². The number of aryl methyl sites for hydroxylation is 3. The van der Waals surface area contributed by atoms with Crippen molar-refractivity contribution < 1.29 is 4.79 Å². The lowest BCUT2D eigenvalue weighted by Gasteiger charge is -2.22. The Hall–Kier alpha value is -2.21. The third kappa shape index (κ3) is 2.53. The van der Waals surface area contributed by atoms with Crippen molar-refractivity contribution >= 4 is 28.3 Å². The van der Waals surface area contributed by atoms with E-state index in [4.69, 9.17) is 0 Å². The van der Waals surface area contributed by atoms with Crippen LogP contribution in [0.2, 0.25) is 0 Å². The zero-order valence-corrected chi connectivity index (χ0v) is 14.0. The van der Waals surface area contributed by atoms with Crippen molar-refractivity contribution in [2.45, 2.75) is 32.2 Å². The number of aromatic nitrogens is 3. The number of rotatable bonds is 2. The highest BCUT2D eigenvalue weighted by Crippen LogP contribution is 2.33. The normalized spacial score (nSPS) is 17.2. The molecule has 0 aromatic carbocycles. The van der Waals surface area contributed by atoms with E-state index < -0.39 is 0 Å². The first-order chi connectivity index (χ1) is 11.1. The van der Waals surface area contributed by atoms with E-state index in [-0.39, 0.29) is 11.9 Å². The number of thiazole rings is 1. The fourth-order valence-corrected chi connectivity index (χ4v) is 4.21. The van der Waals surface area contributed by atoms with Crippen molar-refractivity contribution in [3.05, 3.63) is 45.7 Å². The molecule has 1 atom stereocenters. The molecule has 0 spiro atoms. The summed E-state index contributed by atoms with van der Waals surface area (Å²) in [6, 6.07) is 5.72. The van der Waals surface area contributed by atoms with E-state index >= 15 is 0 Å². The molecule has 0 fully saturated rings. The molecule has 0 saturated carbocycles. The zero-order chi connectivity index (χ0) is 16.0. The van der Waals surface area contributed by atoms with Gasteiger partial charge in [0.25, 0.3) is 5.91 Å². The van der Waals surface area contributed by atoms with Gasteiger partial charge < -0.3 is 9.88 Å². The van der Waals surface area contributed by atoms with Gasteiger partial charge in [-0.15, -0.1) is 11.3 Å². The van der Waals surface area contributed by atoms with Crippen LogP contribution in [0.3, 0.4) is 0 Å². The molecule has 3 heterocycles. The second-order valence-electron chi connectivity index (χ2n) is 6.00. The maximum Gasteiger partial charge on any atom is 0.270 e. The average Bonchev–Trinajstić information content (AvgIpc) is 3.10. The molecule has 118 valence electrons. The van der Waals surface area contributed by atoms with E-state index in [1.165, 1.54) is 4.88 Å². The number of nitrogens with one attached hydrogen (secondary N) is 1. The molecule has 0 saturated heterocycles. The number of carbonyl (C=O) groups excluding carboxylic acids is 1. The summed E-state index contributed by atoms with van der Waals surface area (Å²) in [5.41, 5.74) is 2.33. The summed E-state index contributed by atoms with van der Waals surface area (Å²) < 4.78 is 1.93. The van der Waals surface area contributed by atoms with E-state index in [9.17, 15) is 4.79 Å². The van der Waals surface area contributed by atoms with Gasteiger partial charge in [0.2, 0.25) is 0 Å². The van der Waals surface area contributed by atoms with Crippen LogP contribution in [0, 0.1) is 6.92 Å². The molecule has 0 bridgehead atoms. The van der Waals surface area contributed by atoms with Crippen molar-refractivity contribution in [3.63, 3.8) is 0 Å². The van der Waals surface area contributed by atoms with Crippen molar-refractivity contribution in [2.75, 3.05) is 0 Å². The Balaban J connectivity index is 1.61. The number of carbonyl (C=O) groups is 1. The first-order valence-electron chi connectivity index (χ1n) is 7.81. The van der Waals surface area contributed by atoms with Crippen LogP contribution in [0.4, 0.5) is 0 Å². The fourth-order valence-electron chi connectivity index (χ4n) is 3.17. The van der Waals surface area contributed by atoms with Gasteiger partial charge in [0.1, 0.15) is 11.3 Å². The largest absolute Gasteiger partial charge is 0.342 e. The molecule has 0 aliphatic heterocycles. The molecular weight excluding hydrogens is 308 g/mol. The minimum Gasteiger partial charge on any atom is -0.342 e. The second kappa shape index (κ2) is 5.45. The van der Waals surface area contributed by atoms with Gasteiger partial charge in [-0.05, 0) is 44.4 Å². The molecule has 6 heteroatoms. The molecule has 3 aromatic heterocycles. The highest BCUT2D eigenvalue weighted by Gasteiger charge is 2.26. The predicted molar refractivity (Wildman–Crippen MR) is 90.7 cm³/mol. The topological polar surface area (TPSA) is 59.8 Å². The van der Waals surface area contributed by atoms with Crippen molar-refractivity contribution in [3.8, 4) is 0 Å². The minimum atomic E-state index is -0.128. The van der Waals surface area contributed by atoms with Crippen LogP contribution in [-0.2, 0) is 13.5 Å². The van der Waals surface area contributed by atoms with Gasteiger partial charge >= 0.3 is 0 Å². The van der Waals surface area contributed by atoms with E-state index in [2.05, 4.69) is 15.3 Å². The molecular formula is C17H18N4OS. The highest BCUT2D eigenvalue weighted by atomic mass is 32.1. The maximum absolute atomic E-state index is 12.6. The van der Waals surface area contributed by atoms with Gasteiger partial charge in [-0.3, -0.25) is 4.79 Å². The van der Waals surface area contributed by atoms with Gasteiger partial charge in [-0.25, -0.2) is 9.97 Å². The Morgan fingerprint density at radius 1 is 1.35 bits per heavy atom. The van der Waals surface area contributed by atoms with Crippen LogP contribution in [0.25, 0.3) is 11.0 Å².